The number of rotatable bonds is 6. The van der Waals surface area contributed by atoms with Gasteiger partial charge in [-0.2, -0.15) is 0 Å². The highest BCUT2D eigenvalue weighted by Crippen LogP contribution is 2.18. The zero-order valence-electron chi connectivity index (χ0n) is 16.5. The SMILES string of the molecule is CC(C)(C)N(NC(=O)CCCCc1ccc(Cl)cc1)C(=O)c1ccc(Cl)cc1. The van der Waals surface area contributed by atoms with Crippen molar-refractivity contribution in [2.24, 2.45) is 0 Å². The summed E-state index contributed by atoms with van der Waals surface area (Å²) in [6.07, 6.45) is 2.86. The van der Waals surface area contributed by atoms with Gasteiger partial charge in [-0.15, -0.1) is 0 Å². The predicted molar refractivity (Wildman–Crippen MR) is 115 cm³/mol. The molecule has 0 aliphatic heterocycles. The van der Waals surface area contributed by atoms with Gasteiger partial charge in [0.15, 0.2) is 0 Å². The van der Waals surface area contributed by atoms with Crippen molar-refractivity contribution in [3.05, 3.63) is 69.7 Å². The summed E-state index contributed by atoms with van der Waals surface area (Å²) in [6, 6.07) is 14.4. The van der Waals surface area contributed by atoms with Gasteiger partial charge in [0, 0.05) is 22.0 Å². The number of benzene rings is 2. The van der Waals surface area contributed by atoms with Crippen LogP contribution in [0.1, 0.15) is 56.0 Å². The Bertz CT molecular complexity index is 797. The Morgan fingerprint density at radius 3 is 1.96 bits per heavy atom. The standard InChI is InChI=1S/C22H26Cl2N2O2/c1-22(2,3)26(21(28)17-10-14-19(24)15-11-17)25-20(27)7-5-4-6-16-8-12-18(23)13-9-16/h8-15H,4-7H2,1-3H3,(H,25,27). The van der Waals surface area contributed by atoms with E-state index in [1.54, 1.807) is 24.3 Å². The molecule has 6 heteroatoms. The zero-order valence-corrected chi connectivity index (χ0v) is 18.0. The smallest absolute Gasteiger partial charge is 0.272 e. The van der Waals surface area contributed by atoms with Crippen molar-refractivity contribution in [2.45, 2.75) is 52.0 Å². The number of nitrogens with zero attached hydrogens (tertiary/aromatic N) is 1. The van der Waals surface area contributed by atoms with E-state index in [2.05, 4.69) is 5.43 Å². The molecule has 0 atom stereocenters. The number of halogens is 2. The molecule has 2 amide bonds. The first-order valence-electron chi connectivity index (χ1n) is 9.31. The summed E-state index contributed by atoms with van der Waals surface area (Å²) in [5.41, 5.74) is 3.88. The maximum atomic E-state index is 12.8. The second kappa shape index (κ2) is 9.94. The molecule has 0 bridgehead atoms. The number of hydrazine groups is 1. The van der Waals surface area contributed by atoms with Crippen LogP contribution in [-0.2, 0) is 11.2 Å². The van der Waals surface area contributed by atoms with Crippen LogP contribution in [0.5, 0.6) is 0 Å². The molecule has 1 N–H and O–H groups in total. The van der Waals surface area contributed by atoms with Crippen molar-refractivity contribution in [2.75, 3.05) is 0 Å². The first-order chi connectivity index (χ1) is 13.2. The second-order valence-electron chi connectivity index (χ2n) is 7.69. The topological polar surface area (TPSA) is 49.4 Å². The molecule has 0 heterocycles. The van der Waals surface area contributed by atoms with Crippen LogP contribution in [0.2, 0.25) is 10.0 Å². The fourth-order valence-electron chi connectivity index (χ4n) is 2.69. The van der Waals surface area contributed by atoms with E-state index in [1.165, 1.54) is 10.6 Å². The maximum Gasteiger partial charge on any atom is 0.272 e. The van der Waals surface area contributed by atoms with E-state index in [4.69, 9.17) is 23.2 Å². The van der Waals surface area contributed by atoms with Gasteiger partial charge in [0.05, 0.1) is 5.54 Å². The highest BCUT2D eigenvalue weighted by atomic mass is 35.5. The van der Waals surface area contributed by atoms with Crippen LogP contribution >= 0.6 is 23.2 Å². The molecule has 0 fully saturated rings. The van der Waals surface area contributed by atoms with Crippen molar-refractivity contribution in [1.82, 2.24) is 10.4 Å². The lowest BCUT2D eigenvalue weighted by molar-refractivity contribution is -0.127. The number of unbranched alkanes of at least 4 members (excludes halogenated alkanes) is 1. The van der Waals surface area contributed by atoms with Crippen LogP contribution in [0, 0.1) is 0 Å². The molecule has 2 aromatic rings. The van der Waals surface area contributed by atoms with E-state index in [9.17, 15) is 9.59 Å². The average molecular weight is 421 g/mol. The van der Waals surface area contributed by atoms with Gasteiger partial charge in [0.25, 0.3) is 5.91 Å². The zero-order chi connectivity index (χ0) is 20.7. The minimum atomic E-state index is -0.560. The van der Waals surface area contributed by atoms with Gasteiger partial charge in [-0.1, -0.05) is 35.3 Å². The van der Waals surface area contributed by atoms with Gasteiger partial charge >= 0.3 is 0 Å². The summed E-state index contributed by atoms with van der Waals surface area (Å²) >= 11 is 11.8. The maximum absolute atomic E-state index is 12.8. The van der Waals surface area contributed by atoms with Crippen molar-refractivity contribution < 1.29 is 9.59 Å². The molecule has 0 saturated heterocycles. The molecule has 2 aromatic carbocycles. The first-order valence-corrected chi connectivity index (χ1v) is 10.1. The van der Waals surface area contributed by atoms with E-state index < -0.39 is 5.54 Å². The molecule has 0 radical (unpaired) electrons. The number of carbonyl (C=O) groups excluding carboxylic acids is 2. The highest BCUT2D eigenvalue weighted by Gasteiger charge is 2.29. The largest absolute Gasteiger partial charge is 0.273 e. The number of aryl methyl sites for hydroxylation is 1. The lowest BCUT2D eigenvalue weighted by Gasteiger charge is -2.35. The average Bonchev–Trinajstić information content (AvgIpc) is 2.64. The summed E-state index contributed by atoms with van der Waals surface area (Å²) in [6.45, 7) is 5.63. The Labute approximate surface area is 176 Å². The lowest BCUT2D eigenvalue weighted by atomic mass is 10.1. The van der Waals surface area contributed by atoms with Crippen molar-refractivity contribution >= 4 is 35.0 Å². The molecular formula is C22H26Cl2N2O2. The van der Waals surface area contributed by atoms with Crippen LogP contribution < -0.4 is 5.43 Å². The number of amides is 2. The van der Waals surface area contributed by atoms with Gasteiger partial charge < -0.3 is 0 Å². The van der Waals surface area contributed by atoms with Gasteiger partial charge in [-0.05, 0) is 82.0 Å². The summed E-state index contributed by atoms with van der Waals surface area (Å²) in [5, 5.41) is 2.66. The molecule has 0 unspecified atom stereocenters. The minimum Gasteiger partial charge on any atom is -0.273 e. The number of carbonyl (C=O) groups is 2. The van der Waals surface area contributed by atoms with E-state index in [0.29, 0.717) is 17.0 Å². The van der Waals surface area contributed by atoms with Crippen LogP contribution in [0.25, 0.3) is 0 Å². The van der Waals surface area contributed by atoms with Crippen LogP contribution in [0.4, 0.5) is 0 Å². The first kappa shape index (κ1) is 22.3. The molecule has 150 valence electrons. The quantitative estimate of drug-likeness (QED) is 0.482. The van der Waals surface area contributed by atoms with E-state index in [-0.39, 0.29) is 11.8 Å². The third kappa shape index (κ3) is 6.84. The number of hydrogen-bond donors (Lipinski definition) is 1. The van der Waals surface area contributed by atoms with Gasteiger partial charge in [-0.3, -0.25) is 15.0 Å². The Balaban J connectivity index is 1.89. The Morgan fingerprint density at radius 1 is 0.893 bits per heavy atom. The van der Waals surface area contributed by atoms with Crippen molar-refractivity contribution in [3.63, 3.8) is 0 Å². The normalized spacial score (nSPS) is 11.2. The number of hydrogen-bond acceptors (Lipinski definition) is 2. The van der Waals surface area contributed by atoms with Gasteiger partial charge in [0.2, 0.25) is 5.91 Å². The van der Waals surface area contributed by atoms with E-state index >= 15 is 0 Å². The van der Waals surface area contributed by atoms with Gasteiger partial charge in [-0.25, -0.2) is 5.01 Å². The third-order valence-corrected chi connectivity index (χ3v) is 4.74. The van der Waals surface area contributed by atoms with Crippen molar-refractivity contribution in [1.29, 1.82) is 0 Å². The summed E-state index contributed by atoms with van der Waals surface area (Å²) < 4.78 is 0. The third-order valence-electron chi connectivity index (χ3n) is 4.23. The Kier molecular flexibility index (Phi) is 7.90. The number of nitrogens with one attached hydrogen (secondary N) is 1. The molecule has 0 aromatic heterocycles. The van der Waals surface area contributed by atoms with E-state index in [1.807, 2.05) is 45.0 Å². The summed E-state index contributed by atoms with van der Waals surface area (Å²) in [5.74, 6) is -0.438. The molecule has 0 aliphatic carbocycles. The van der Waals surface area contributed by atoms with Crippen LogP contribution in [0.3, 0.4) is 0 Å². The predicted octanol–water partition coefficient (Wildman–Crippen LogP) is 5.68. The molecule has 0 aliphatic rings. The fraction of sp³-hybridized carbons (Fsp3) is 0.364. The van der Waals surface area contributed by atoms with Crippen LogP contribution in [0.15, 0.2) is 48.5 Å². The summed E-state index contributed by atoms with van der Waals surface area (Å²) in [7, 11) is 0. The summed E-state index contributed by atoms with van der Waals surface area (Å²) in [4.78, 5) is 25.2. The Hall–Kier alpha value is -2.04. The molecule has 4 nitrogen and oxygen atoms in total. The van der Waals surface area contributed by atoms with Gasteiger partial charge in [0.1, 0.15) is 0 Å². The minimum absolute atomic E-state index is 0.173. The lowest BCUT2D eigenvalue weighted by Crippen LogP contribution is -2.55. The molecule has 28 heavy (non-hydrogen) atoms. The molecule has 0 saturated carbocycles. The Morgan fingerprint density at radius 2 is 1.43 bits per heavy atom. The molecule has 0 spiro atoms. The second-order valence-corrected chi connectivity index (χ2v) is 8.56. The molecule has 2 rings (SSSR count). The highest BCUT2D eigenvalue weighted by molar-refractivity contribution is 6.30. The van der Waals surface area contributed by atoms with Crippen molar-refractivity contribution in [3.8, 4) is 0 Å². The van der Waals surface area contributed by atoms with E-state index in [0.717, 1.165) is 24.3 Å². The fourth-order valence-corrected chi connectivity index (χ4v) is 2.94. The van der Waals surface area contributed by atoms with Crippen LogP contribution in [-0.4, -0.2) is 22.4 Å². The monoisotopic (exact) mass is 420 g/mol. The molecular weight excluding hydrogens is 395 g/mol.